The van der Waals surface area contributed by atoms with Crippen LogP contribution < -0.4 is 28.2 Å². The molecular formula is C37H55FN8O6. The number of aliphatic hydroxyl groups excluding tert-OH is 1. The highest BCUT2D eigenvalue weighted by molar-refractivity contribution is 5.89. The van der Waals surface area contributed by atoms with E-state index < -0.39 is 17.5 Å². The molecular weight excluding hydrogens is 671 g/mol. The summed E-state index contributed by atoms with van der Waals surface area (Å²) in [6.45, 7) is 12.7. The lowest BCUT2D eigenvalue weighted by molar-refractivity contribution is -0.121. The van der Waals surface area contributed by atoms with Gasteiger partial charge in [-0.3, -0.25) is 14.5 Å². The molecule has 3 aromatic rings. The maximum absolute atomic E-state index is 14.8. The third kappa shape index (κ3) is 9.99. The number of carbonyl (C=O) groups excluding carboxylic acids is 2. The second-order valence-electron chi connectivity index (χ2n) is 12.3. The second-order valence-corrected chi connectivity index (χ2v) is 12.3. The zero-order chi connectivity index (χ0) is 38.5. The Morgan fingerprint density at radius 1 is 1.19 bits per heavy atom. The molecule has 1 amide bonds. The van der Waals surface area contributed by atoms with Gasteiger partial charge < -0.3 is 45.7 Å². The minimum atomic E-state index is -1.53. The molecule has 2 aliphatic rings. The SMILES string of the molecule is CC.CC.COCc1c(C(O)C=O)cc2n(c1=O)Cc1c-2nc2cc(F)c(C)cc2c1CN(N)/C=C(\N)CN1CCC(COCNC(=O)CN)CC1. The number of piperidine rings is 1. The summed E-state index contributed by atoms with van der Waals surface area (Å²) in [5, 5.41) is 15.2. The van der Waals surface area contributed by atoms with E-state index in [1.54, 1.807) is 25.3 Å². The molecule has 52 heavy (non-hydrogen) atoms. The van der Waals surface area contributed by atoms with Gasteiger partial charge in [0.25, 0.3) is 5.56 Å². The number of aldehydes is 1. The average Bonchev–Trinajstić information content (AvgIpc) is 3.52. The fourth-order valence-electron chi connectivity index (χ4n) is 6.39. The largest absolute Gasteiger partial charge is 0.400 e. The fourth-order valence-corrected chi connectivity index (χ4v) is 6.39. The molecule has 0 saturated carbocycles. The van der Waals surface area contributed by atoms with Crippen molar-refractivity contribution in [2.75, 3.05) is 46.6 Å². The van der Waals surface area contributed by atoms with Crippen molar-refractivity contribution in [3.63, 3.8) is 0 Å². The Labute approximate surface area is 304 Å². The van der Waals surface area contributed by atoms with Crippen molar-refractivity contribution in [3.05, 3.63) is 74.1 Å². The van der Waals surface area contributed by atoms with Crippen molar-refractivity contribution >= 4 is 23.1 Å². The number of hydrogen-bond donors (Lipinski definition) is 5. The molecule has 1 aromatic carbocycles. The Morgan fingerprint density at radius 3 is 2.52 bits per heavy atom. The molecule has 2 aromatic heterocycles. The Hall–Kier alpha value is -4.25. The molecule has 0 spiro atoms. The first kappa shape index (κ1) is 42.2. The number of carbonyl (C=O) groups is 2. The van der Waals surface area contributed by atoms with E-state index in [9.17, 15) is 23.9 Å². The number of nitrogens with one attached hydrogen (secondary N) is 1. The Balaban J connectivity index is 0.00000176. The maximum atomic E-state index is 14.8. The molecule has 14 nitrogen and oxygen atoms in total. The first-order chi connectivity index (χ1) is 25.0. The Kier molecular flexibility index (Phi) is 16.3. The van der Waals surface area contributed by atoms with E-state index in [2.05, 4.69) is 10.2 Å². The number of benzene rings is 1. The van der Waals surface area contributed by atoms with Gasteiger partial charge >= 0.3 is 0 Å². The number of halogens is 1. The van der Waals surface area contributed by atoms with Gasteiger partial charge in [0.1, 0.15) is 18.7 Å². The maximum Gasteiger partial charge on any atom is 0.257 e. The van der Waals surface area contributed by atoms with E-state index >= 15 is 0 Å². The molecule has 0 aliphatic carbocycles. The normalized spacial score (nSPS) is 14.8. The first-order valence-electron chi connectivity index (χ1n) is 17.8. The molecule has 5 rings (SSSR count). The Bertz CT molecular complexity index is 1770. The number of rotatable bonds is 14. The summed E-state index contributed by atoms with van der Waals surface area (Å²) in [5.74, 6) is 6.22. The Morgan fingerprint density at radius 2 is 1.88 bits per heavy atom. The number of hydrazine groups is 1. The summed E-state index contributed by atoms with van der Waals surface area (Å²) < 4.78 is 27.1. The summed E-state index contributed by atoms with van der Waals surface area (Å²) in [4.78, 5) is 43.4. The van der Waals surface area contributed by atoms with Gasteiger partial charge in [-0.25, -0.2) is 15.2 Å². The van der Waals surface area contributed by atoms with E-state index in [1.165, 1.54) is 22.8 Å². The number of pyridine rings is 2. The van der Waals surface area contributed by atoms with E-state index in [-0.39, 0.29) is 50.0 Å². The summed E-state index contributed by atoms with van der Waals surface area (Å²) in [7, 11) is 1.43. The number of aliphatic hydroxyl groups is 1. The van der Waals surface area contributed by atoms with Gasteiger partial charge in [0, 0.05) is 53.7 Å². The first-order valence-corrected chi connectivity index (χ1v) is 17.8. The van der Waals surface area contributed by atoms with Crippen molar-refractivity contribution < 1.29 is 28.6 Å². The minimum absolute atomic E-state index is 0.0699. The molecule has 0 bridgehead atoms. The van der Waals surface area contributed by atoms with Crippen molar-refractivity contribution in [3.8, 4) is 11.4 Å². The van der Waals surface area contributed by atoms with E-state index in [0.29, 0.717) is 58.9 Å². The van der Waals surface area contributed by atoms with Crippen molar-refractivity contribution in [2.24, 2.45) is 23.2 Å². The van der Waals surface area contributed by atoms with Gasteiger partial charge in [0.2, 0.25) is 5.91 Å². The van der Waals surface area contributed by atoms with Crippen LogP contribution in [0.5, 0.6) is 0 Å². The van der Waals surface area contributed by atoms with Gasteiger partial charge in [-0.2, -0.15) is 0 Å². The number of hydrogen-bond acceptors (Lipinski definition) is 12. The van der Waals surface area contributed by atoms with Gasteiger partial charge in [-0.1, -0.05) is 27.7 Å². The zero-order valence-corrected chi connectivity index (χ0v) is 31.2. The number of nitrogens with two attached hydrogens (primary N) is 3. The van der Waals surface area contributed by atoms with Crippen molar-refractivity contribution in [1.82, 2.24) is 24.8 Å². The number of aromatic nitrogens is 2. The predicted molar refractivity (Wildman–Crippen MR) is 199 cm³/mol. The lowest BCUT2D eigenvalue weighted by Gasteiger charge is -2.32. The van der Waals surface area contributed by atoms with Gasteiger partial charge in [0.05, 0.1) is 49.8 Å². The second kappa shape index (κ2) is 20.1. The molecule has 1 unspecified atom stereocenters. The lowest BCUT2D eigenvalue weighted by Crippen LogP contribution is -2.39. The third-order valence-corrected chi connectivity index (χ3v) is 8.91. The number of fused-ring (bicyclic) bond motifs is 4. The molecule has 1 saturated heterocycles. The molecule has 8 N–H and O–H groups in total. The number of nitrogens with zero attached hydrogens (tertiary/aromatic N) is 4. The van der Waals surface area contributed by atoms with Crippen LogP contribution in [0.1, 0.15) is 74.5 Å². The number of methoxy groups -OCH3 is 1. The summed E-state index contributed by atoms with van der Waals surface area (Å²) in [5.41, 5.74) is 15.3. The van der Waals surface area contributed by atoms with Crippen LogP contribution in [0.15, 0.2) is 34.9 Å². The summed E-state index contributed by atoms with van der Waals surface area (Å²) >= 11 is 0. The van der Waals surface area contributed by atoms with Gasteiger partial charge in [0.15, 0.2) is 6.29 Å². The van der Waals surface area contributed by atoms with Crippen LogP contribution in [0.3, 0.4) is 0 Å². The fraction of sp³-hybridized carbons (Fsp3) is 0.514. The number of aryl methyl sites for hydroxylation is 1. The quantitative estimate of drug-likeness (QED) is 0.0418. The number of ether oxygens (including phenoxy) is 2. The van der Waals surface area contributed by atoms with Crippen LogP contribution in [-0.4, -0.2) is 83.4 Å². The predicted octanol–water partition coefficient (Wildman–Crippen LogP) is 2.54. The molecule has 2 aliphatic heterocycles. The van der Waals surface area contributed by atoms with E-state index in [1.807, 2.05) is 27.7 Å². The molecule has 1 atom stereocenters. The molecule has 286 valence electrons. The number of likely N-dealkylation sites (tertiary alicyclic amines) is 1. The zero-order valence-electron chi connectivity index (χ0n) is 31.2. The van der Waals surface area contributed by atoms with Gasteiger partial charge in [-0.15, -0.1) is 0 Å². The minimum Gasteiger partial charge on any atom is -0.400 e. The topological polar surface area (TPSA) is 204 Å². The molecule has 4 heterocycles. The molecule has 15 heteroatoms. The van der Waals surface area contributed by atoms with Crippen LogP contribution in [0.2, 0.25) is 0 Å². The van der Waals surface area contributed by atoms with Gasteiger partial charge in [-0.05, 0) is 62.0 Å². The van der Waals surface area contributed by atoms with E-state index in [4.69, 9.17) is 31.8 Å². The highest BCUT2D eigenvalue weighted by Gasteiger charge is 2.30. The molecule has 1 fully saturated rings. The molecule has 0 radical (unpaired) electrons. The standard InChI is InChI=1S/C33H43FN8O6.2C2H6/c1-19-7-22-24(13-41(37)12-21(36)11-40-5-3-20(4-6-40)16-48-18-38-31(45)10-35)25-14-42-29(32(25)39-28(22)9-27(19)34)8-23(30(44)15-43)26(17-47-2)33(42)46;2*1-2/h7-9,12,15,20,30,44H,3-6,10-11,13-14,16-18,35-37H2,1-2H3,(H,38,45);2*1-2H3/b21-12-;;. The van der Waals surface area contributed by atoms with Crippen LogP contribution in [-0.2, 0) is 38.8 Å². The van der Waals surface area contributed by atoms with Crippen LogP contribution in [0.25, 0.3) is 22.3 Å². The average molecular weight is 727 g/mol. The van der Waals surface area contributed by atoms with Crippen LogP contribution in [0.4, 0.5) is 4.39 Å². The van der Waals surface area contributed by atoms with Crippen molar-refractivity contribution in [1.29, 1.82) is 0 Å². The monoisotopic (exact) mass is 726 g/mol. The highest BCUT2D eigenvalue weighted by Crippen LogP contribution is 2.38. The van der Waals surface area contributed by atoms with Crippen LogP contribution in [0, 0.1) is 18.7 Å². The summed E-state index contributed by atoms with van der Waals surface area (Å²) in [6.07, 6.45) is 2.35. The van der Waals surface area contributed by atoms with Crippen LogP contribution >= 0.6 is 0 Å². The van der Waals surface area contributed by atoms with Crippen molar-refractivity contribution in [2.45, 2.75) is 73.3 Å². The third-order valence-electron chi connectivity index (χ3n) is 8.91. The lowest BCUT2D eigenvalue weighted by atomic mass is 9.97. The number of amides is 1. The highest BCUT2D eigenvalue weighted by atomic mass is 19.1. The smallest absolute Gasteiger partial charge is 0.257 e. The van der Waals surface area contributed by atoms with E-state index in [0.717, 1.165) is 37.1 Å². The summed E-state index contributed by atoms with van der Waals surface area (Å²) in [6, 6.07) is 4.64.